The highest BCUT2D eigenvalue weighted by atomic mass is 79.9. The van der Waals surface area contributed by atoms with E-state index in [4.69, 9.17) is 10.7 Å². The number of aromatic nitrogens is 2. The SMILES string of the molecule is Nc1ncccc1-c1nc2c(s1)Cc1cc(Br)ccc1-2. The third-order valence-corrected chi connectivity index (χ3v) is 5.02. The third kappa shape index (κ3) is 1.77. The number of nitrogens with two attached hydrogens (primary N) is 1. The van der Waals surface area contributed by atoms with Crippen LogP contribution in [0.25, 0.3) is 21.8 Å². The van der Waals surface area contributed by atoms with Gasteiger partial charge < -0.3 is 5.73 Å². The molecule has 2 N–H and O–H groups in total. The van der Waals surface area contributed by atoms with E-state index in [0.717, 1.165) is 27.2 Å². The highest BCUT2D eigenvalue weighted by Gasteiger charge is 2.24. The van der Waals surface area contributed by atoms with Crippen LogP contribution in [0.2, 0.25) is 0 Å². The zero-order chi connectivity index (χ0) is 13.7. The minimum Gasteiger partial charge on any atom is -0.383 e. The van der Waals surface area contributed by atoms with Crippen LogP contribution in [-0.4, -0.2) is 9.97 Å². The van der Waals surface area contributed by atoms with Gasteiger partial charge in [0.25, 0.3) is 0 Å². The molecule has 0 spiro atoms. The molecule has 0 bridgehead atoms. The van der Waals surface area contributed by atoms with Gasteiger partial charge in [-0.1, -0.05) is 22.0 Å². The zero-order valence-corrected chi connectivity index (χ0v) is 12.8. The first-order valence-corrected chi connectivity index (χ1v) is 7.82. The number of pyridine rings is 1. The van der Waals surface area contributed by atoms with E-state index in [1.807, 2.05) is 12.1 Å². The fourth-order valence-electron chi connectivity index (χ4n) is 2.51. The van der Waals surface area contributed by atoms with Crippen molar-refractivity contribution < 1.29 is 0 Å². The zero-order valence-electron chi connectivity index (χ0n) is 10.4. The van der Waals surface area contributed by atoms with Crippen molar-refractivity contribution in [2.45, 2.75) is 6.42 Å². The summed E-state index contributed by atoms with van der Waals surface area (Å²) in [6.07, 6.45) is 2.65. The summed E-state index contributed by atoms with van der Waals surface area (Å²) in [7, 11) is 0. The van der Waals surface area contributed by atoms with Gasteiger partial charge in [0.05, 0.1) is 11.3 Å². The summed E-state index contributed by atoms with van der Waals surface area (Å²) in [5.41, 5.74) is 10.5. The van der Waals surface area contributed by atoms with E-state index in [1.165, 1.54) is 16.0 Å². The summed E-state index contributed by atoms with van der Waals surface area (Å²) < 4.78 is 1.11. The Bertz CT molecular complexity index is 826. The second-order valence-corrected chi connectivity index (χ2v) is 6.70. The van der Waals surface area contributed by atoms with E-state index in [0.29, 0.717) is 5.82 Å². The van der Waals surface area contributed by atoms with Gasteiger partial charge in [-0.2, -0.15) is 0 Å². The molecule has 3 aromatic rings. The summed E-state index contributed by atoms with van der Waals surface area (Å²) in [4.78, 5) is 10.2. The van der Waals surface area contributed by atoms with Crippen molar-refractivity contribution in [1.29, 1.82) is 0 Å². The molecule has 0 saturated heterocycles. The number of nitrogen functional groups attached to an aromatic ring is 1. The number of hydrogen-bond donors (Lipinski definition) is 1. The monoisotopic (exact) mass is 343 g/mol. The van der Waals surface area contributed by atoms with E-state index < -0.39 is 0 Å². The highest BCUT2D eigenvalue weighted by Crippen LogP contribution is 2.43. The second-order valence-electron chi connectivity index (χ2n) is 4.71. The number of benzene rings is 1. The smallest absolute Gasteiger partial charge is 0.133 e. The van der Waals surface area contributed by atoms with E-state index in [9.17, 15) is 0 Å². The van der Waals surface area contributed by atoms with Crippen molar-refractivity contribution in [3.05, 3.63) is 51.4 Å². The quantitative estimate of drug-likeness (QED) is 0.565. The molecule has 2 heterocycles. The van der Waals surface area contributed by atoms with Crippen molar-refractivity contribution >= 4 is 33.1 Å². The summed E-state index contributed by atoms with van der Waals surface area (Å²) >= 11 is 5.22. The lowest BCUT2D eigenvalue weighted by Crippen LogP contribution is -1.92. The van der Waals surface area contributed by atoms with E-state index >= 15 is 0 Å². The van der Waals surface area contributed by atoms with Crippen molar-refractivity contribution in [3.8, 4) is 21.8 Å². The van der Waals surface area contributed by atoms with Gasteiger partial charge in [0.1, 0.15) is 10.8 Å². The number of halogens is 1. The van der Waals surface area contributed by atoms with Crippen LogP contribution in [0.1, 0.15) is 10.4 Å². The number of rotatable bonds is 1. The van der Waals surface area contributed by atoms with E-state index in [-0.39, 0.29) is 0 Å². The van der Waals surface area contributed by atoms with Crippen LogP contribution in [0.15, 0.2) is 41.0 Å². The molecular weight excluding hydrogens is 334 g/mol. The molecule has 5 heteroatoms. The lowest BCUT2D eigenvalue weighted by molar-refractivity contribution is 1.30. The van der Waals surface area contributed by atoms with Gasteiger partial charge in [0, 0.05) is 27.5 Å². The first kappa shape index (κ1) is 12.1. The number of hydrogen-bond acceptors (Lipinski definition) is 4. The summed E-state index contributed by atoms with van der Waals surface area (Å²) in [5, 5.41) is 0.953. The highest BCUT2D eigenvalue weighted by molar-refractivity contribution is 9.10. The minimum atomic E-state index is 0.538. The summed E-state index contributed by atoms with van der Waals surface area (Å²) in [6, 6.07) is 10.2. The Morgan fingerprint density at radius 3 is 2.95 bits per heavy atom. The molecule has 0 saturated carbocycles. The molecule has 2 aromatic heterocycles. The van der Waals surface area contributed by atoms with Gasteiger partial charge in [-0.05, 0) is 29.8 Å². The van der Waals surface area contributed by atoms with E-state index in [1.54, 1.807) is 17.5 Å². The van der Waals surface area contributed by atoms with E-state index in [2.05, 4.69) is 39.1 Å². The van der Waals surface area contributed by atoms with Crippen LogP contribution in [-0.2, 0) is 6.42 Å². The Morgan fingerprint density at radius 1 is 1.20 bits per heavy atom. The largest absolute Gasteiger partial charge is 0.383 e. The molecular formula is C15H10BrN3S. The van der Waals surface area contributed by atoms with Gasteiger partial charge in [-0.15, -0.1) is 11.3 Å². The standard InChI is InChI=1S/C15H10BrN3S/c16-9-3-4-10-8(6-9)7-12-13(10)19-15(20-12)11-2-1-5-18-14(11)17/h1-6H,7H2,(H2,17,18). The molecule has 0 fully saturated rings. The molecule has 0 aliphatic heterocycles. The number of thiazole rings is 1. The van der Waals surface area contributed by atoms with Crippen LogP contribution >= 0.6 is 27.3 Å². The Kier molecular flexibility index (Phi) is 2.65. The molecule has 1 aliphatic carbocycles. The average Bonchev–Trinajstić information content (AvgIpc) is 2.96. The number of anilines is 1. The van der Waals surface area contributed by atoms with Crippen molar-refractivity contribution in [1.82, 2.24) is 9.97 Å². The lowest BCUT2D eigenvalue weighted by Gasteiger charge is -2.02. The first-order chi connectivity index (χ1) is 9.72. The Morgan fingerprint density at radius 2 is 2.10 bits per heavy atom. The molecule has 1 aliphatic rings. The number of nitrogens with zero attached hydrogens (tertiary/aromatic N) is 2. The van der Waals surface area contributed by atoms with Crippen LogP contribution in [0.4, 0.5) is 5.82 Å². The van der Waals surface area contributed by atoms with Crippen LogP contribution < -0.4 is 5.73 Å². The maximum atomic E-state index is 5.94. The van der Waals surface area contributed by atoms with Gasteiger partial charge in [-0.25, -0.2) is 9.97 Å². The third-order valence-electron chi connectivity index (χ3n) is 3.44. The van der Waals surface area contributed by atoms with Gasteiger partial charge in [-0.3, -0.25) is 0 Å². The molecule has 0 amide bonds. The normalized spacial score (nSPS) is 12.2. The molecule has 98 valence electrons. The Labute approximate surface area is 128 Å². The second kappa shape index (κ2) is 4.40. The fourth-order valence-corrected chi connectivity index (χ4v) is 4.05. The average molecular weight is 344 g/mol. The molecule has 4 rings (SSSR count). The van der Waals surface area contributed by atoms with Gasteiger partial charge in [0.2, 0.25) is 0 Å². The summed E-state index contributed by atoms with van der Waals surface area (Å²) in [5.74, 6) is 0.538. The maximum Gasteiger partial charge on any atom is 0.133 e. The topological polar surface area (TPSA) is 51.8 Å². The lowest BCUT2D eigenvalue weighted by atomic mass is 10.1. The van der Waals surface area contributed by atoms with Crippen molar-refractivity contribution in [2.24, 2.45) is 0 Å². The van der Waals surface area contributed by atoms with Gasteiger partial charge >= 0.3 is 0 Å². The Balaban J connectivity index is 1.85. The fraction of sp³-hybridized carbons (Fsp3) is 0.0667. The Hall–Kier alpha value is -1.72. The van der Waals surface area contributed by atoms with Crippen LogP contribution in [0.3, 0.4) is 0 Å². The van der Waals surface area contributed by atoms with Gasteiger partial charge in [0.15, 0.2) is 0 Å². The summed E-state index contributed by atoms with van der Waals surface area (Å²) in [6.45, 7) is 0. The predicted molar refractivity (Wildman–Crippen MR) is 85.7 cm³/mol. The van der Waals surface area contributed by atoms with Crippen LogP contribution in [0, 0.1) is 0 Å². The maximum absolute atomic E-state index is 5.94. The molecule has 0 unspecified atom stereocenters. The van der Waals surface area contributed by atoms with Crippen molar-refractivity contribution in [2.75, 3.05) is 5.73 Å². The molecule has 0 atom stereocenters. The molecule has 1 aromatic carbocycles. The predicted octanol–water partition coefficient (Wildman–Crippen LogP) is 4.12. The van der Waals surface area contributed by atoms with Crippen LogP contribution in [0.5, 0.6) is 0 Å². The molecule has 0 radical (unpaired) electrons. The first-order valence-electron chi connectivity index (χ1n) is 6.22. The van der Waals surface area contributed by atoms with Crippen molar-refractivity contribution in [3.63, 3.8) is 0 Å². The molecule has 3 nitrogen and oxygen atoms in total. The minimum absolute atomic E-state index is 0.538. The molecule has 20 heavy (non-hydrogen) atoms. The number of fused-ring (bicyclic) bond motifs is 3.